The number of aromatic nitrogens is 1. The van der Waals surface area contributed by atoms with Crippen LogP contribution in [0.15, 0.2) is 36.7 Å². The van der Waals surface area contributed by atoms with Crippen LogP contribution >= 0.6 is 11.6 Å². The molecule has 5 heteroatoms. The van der Waals surface area contributed by atoms with Gasteiger partial charge in [-0.25, -0.2) is 4.39 Å². The van der Waals surface area contributed by atoms with Crippen LogP contribution in [-0.4, -0.2) is 11.6 Å². The number of pyridine rings is 1. The van der Waals surface area contributed by atoms with E-state index >= 15 is 0 Å². The highest BCUT2D eigenvalue weighted by atomic mass is 35.5. The van der Waals surface area contributed by atoms with Gasteiger partial charge in [-0.1, -0.05) is 17.7 Å². The van der Waals surface area contributed by atoms with E-state index in [-0.39, 0.29) is 5.02 Å². The Morgan fingerprint density at radius 1 is 1.32 bits per heavy atom. The van der Waals surface area contributed by atoms with E-state index in [1.807, 2.05) is 13.0 Å². The van der Waals surface area contributed by atoms with Gasteiger partial charge in [0.15, 0.2) is 0 Å². The van der Waals surface area contributed by atoms with E-state index in [0.29, 0.717) is 12.4 Å². The second kappa shape index (κ2) is 5.99. The molecular formula is C14H14ClFN2O. The summed E-state index contributed by atoms with van der Waals surface area (Å²) < 4.78 is 18.5. The third kappa shape index (κ3) is 3.22. The van der Waals surface area contributed by atoms with Crippen LogP contribution in [0.2, 0.25) is 5.02 Å². The van der Waals surface area contributed by atoms with Gasteiger partial charge in [-0.15, -0.1) is 0 Å². The van der Waals surface area contributed by atoms with Crippen molar-refractivity contribution in [2.24, 2.45) is 5.73 Å². The van der Waals surface area contributed by atoms with E-state index < -0.39 is 11.9 Å². The number of nitrogens with zero attached hydrogens (tertiary/aromatic N) is 1. The normalized spacial score (nSPS) is 12.2. The predicted molar refractivity (Wildman–Crippen MR) is 72.8 cm³/mol. The van der Waals surface area contributed by atoms with E-state index in [9.17, 15) is 4.39 Å². The minimum Gasteiger partial charge on any atom is -0.492 e. The molecule has 2 N–H and O–H groups in total. The van der Waals surface area contributed by atoms with Gasteiger partial charge in [0.1, 0.15) is 11.6 Å². The summed E-state index contributed by atoms with van der Waals surface area (Å²) in [5, 5.41) is 0.0573. The maximum atomic E-state index is 13.1. The van der Waals surface area contributed by atoms with Crippen LogP contribution in [0.5, 0.6) is 5.75 Å². The minimum atomic E-state index is -0.459. The maximum Gasteiger partial charge on any atom is 0.141 e. The Morgan fingerprint density at radius 3 is 2.79 bits per heavy atom. The molecular weight excluding hydrogens is 267 g/mol. The predicted octanol–water partition coefficient (Wildman–Crippen LogP) is 3.32. The van der Waals surface area contributed by atoms with Crippen LogP contribution in [-0.2, 0) is 0 Å². The average molecular weight is 281 g/mol. The van der Waals surface area contributed by atoms with Crippen LogP contribution in [0.4, 0.5) is 4.39 Å². The quantitative estimate of drug-likeness (QED) is 0.934. The van der Waals surface area contributed by atoms with Crippen molar-refractivity contribution in [3.8, 4) is 5.75 Å². The molecule has 0 saturated carbocycles. The lowest BCUT2D eigenvalue weighted by atomic mass is 10.0. The van der Waals surface area contributed by atoms with Crippen LogP contribution in [0, 0.1) is 5.82 Å². The zero-order valence-corrected chi connectivity index (χ0v) is 11.2. The van der Waals surface area contributed by atoms with Gasteiger partial charge in [0.2, 0.25) is 0 Å². The topological polar surface area (TPSA) is 48.1 Å². The Bertz CT molecular complexity index is 577. The van der Waals surface area contributed by atoms with Crippen molar-refractivity contribution in [3.63, 3.8) is 0 Å². The Hall–Kier alpha value is -1.65. The lowest BCUT2D eigenvalue weighted by Gasteiger charge is -2.14. The molecule has 3 nitrogen and oxygen atoms in total. The highest BCUT2D eigenvalue weighted by molar-refractivity contribution is 6.30. The van der Waals surface area contributed by atoms with E-state index in [0.717, 1.165) is 11.1 Å². The molecule has 0 aliphatic carbocycles. The summed E-state index contributed by atoms with van der Waals surface area (Å²) in [5.41, 5.74) is 7.63. The summed E-state index contributed by atoms with van der Waals surface area (Å²) in [5.74, 6) is 0.197. The van der Waals surface area contributed by atoms with Crippen molar-refractivity contribution >= 4 is 11.6 Å². The monoisotopic (exact) mass is 280 g/mol. The fourth-order valence-corrected chi connectivity index (χ4v) is 1.94. The first-order valence-corrected chi connectivity index (χ1v) is 6.28. The standard InChI is InChI=1S/C14H14ClFN2O/c1-2-19-11-5-10(7-18-8-11)14(17)9-3-4-13(16)12(15)6-9/h3-8,14H,2,17H2,1H3. The molecule has 0 aliphatic heterocycles. The van der Waals surface area contributed by atoms with Crippen LogP contribution in [0.1, 0.15) is 24.1 Å². The first-order valence-electron chi connectivity index (χ1n) is 5.90. The van der Waals surface area contributed by atoms with Crippen molar-refractivity contribution in [2.45, 2.75) is 13.0 Å². The molecule has 0 spiro atoms. The van der Waals surface area contributed by atoms with Gasteiger partial charge in [0, 0.05) is 6.20 Å². The van der Waals surface area contributed by atoms with Crippen molar-refractivity contribution in [1.82, 2.24) is 4.98 Å². The van der Waals surface area contributed by atoms with Crippen molar-refractivity contribution in [1.29, 1.82) is 0 Å². The Balaban J connectivity index is 2.29. The number of hydrogen-bond acceptors (Lipinski definition) is 3. The summed E-state index contributed by atoms with van der Waals surface area (Å²) in [6.45, 7) is 2.45. The first kappa shape index (κ1) is 13.8. The molecule has 0 saturated heterocycles. The van der Waals surface area contributed by atoms with Gasteiger partial charge in [-0.05, 0) is 36.2 Å². The van der Waals surface area contributed by atoms with E-state index in [1.54, 1.807) is 18.5 Å². The first-order chi connectivity index (χ1) is 9.11. The molecule has 100 valence electrons. The van der Waals surface area contributed by atoms with Crippen LogP contribution in [0.3, 0.4) is 0 Å². The van der Waals surface area contributed by atoms with Crippen molar-refractivity contribution in [3.05, 3.63) is 58.6 Å². The Kier molecular flexibility index (Phi) is 4.35. The zero-order chi connectivity index (χ0) is 13.8. The fraction of sp³-hybridized carbons (Fsp3) is 0.214. The van der Waals surface area contributed by atoms with Gasteiger partial charge in [0.05, 0.1) is 23.9 Å². The van der Waals surface area contributed by atoms with Crippen LogP contribution < -0.4 is 10.5 Å². The number of halogens is 2. The number of rotatable bonds is 4. The van der Waals surface area contributed by atoms with Gasteiger partial charge >= 0.3 is 0 Å². The van der Waals surface area contributed by atoms with Crippen LogP contribution in [0.25, 0.3) is 0 Å². The highest BCUT2D eigenvalue weighted by Gasteiger charge is 2.12. The summed E-state index contributed by atoms with van der Waals surface area (Å²) in [4.78, 5) is 4.08. The van der Waals surface area contributed by atoms with Gasteiger partial charge in [-0.2, -0.15) is 0 Å². The smallest absolute Gasteiger partial charge is 0.141 e. The van der Waals surface area contributed by atoms with Crippen molar-refractivity contribution in [2.75, 3.05) is 6.61 Å². The van der Waals surface area contributed by atoms with Gasteiger partial charge in [-0.3, -0.25) is 4.98 Å². The molecule has 1 atom stereocenters. The largest absolute Gasteiger partial charge is 0.492 e. The maximum absolute atomic E-state index is 13.1. The average Bonchev–Trinajstić information content (AvgIpc) is 2.42. The number of ether oxygens (including phenoxy) is 1. The molecule has 2 rings (SSSR count). The molecule has 1 unspecified atom stereocenters. The minimum absolute atomic E-state index is 0.0573. The molecule has 1 heterocycles. The number of benzene rings is 1. The third-order valence-corrected chi connectivity index (χ3v) is 3.00. The lowest BCUT2D eigenvalue weighted by molar-refractivity contribution is 0.338. The second-order valence-electron chi connectivity index (χ2n) is 4.04. The summed E-state index contributed by atoms with van der Waals surface area (Å²) in [6.07, 6.45) is 3.28. The number of nitrogens with two attached hydrogens (primary N) is 1. The molecule has 0 aliphatic rings. The molecule has 0 radical (unpaired) electrons. The summed E-state index contributed by atoms with van der Waals surface area (Å²) in [7, 11) is 0. The van der Waals surface area contributed by atoms with Gasteiger partial charge in [0.25, 0.3) is 0 Å². The van der Waals surface area contributed by atoms with Crippen molar-refractivity contribution < 1.29 is 9.13 Å². The molecule has 1 aromatic carbocycles. The molecule has 1 aromatic heterocycles. The highest BCUT2D eigenvalue weighted by Crippen LogP contribution is 2.25. The summed E-state index contributed by atoms with van der Waals surface area (Å²) >= 11 is 5.76. The molecule has 0 fully saturated rings. The third-order valence-electron chi connectivity index (χ3n) is 2.71. The molecule has 2 aromatic rings. The van der Waals surface area contributed by atoms with E-state index in [1.165, 1.54) is 12.1 Å². The van der Waals surface area contributed by atoms with E-state index in [2.05, 4.69) is 4.98 Å². The summed E-state index contributed by atoms with van der Waals surface area (Å²) in [6, 6.07) is 5.83. The molecule has 0 bridgehead atoms. The Morgan fingerprint density at radius 2 is 2.11 bits per heavy atom. The van der Waals surface area contributed by atoms with E-state index in [4.69, 9.17) is 22.1 Å². The lowest BCUT2D eigenvalue weighted by Crippen LogP contribution is -2.12. The second-order valence-corrected chi connectivity index (χ2v) is 4.45. The zero-order valence-electron chi connectivity index (χ0n) is 10.4. The molecule has 0 amide bonds. The Labute approximate surface area is 116 Å². The SMILES string of the molecule is CCOc1cncc(C(N)c2ccc(F)c(Cl)c2)c1. The van der Waals surface area contributed by atoms with Gasteiger partial charge < -0.3 is 10.5 Å². The molecule has 19 heavy (non-hydrogen) atoms. The fourth-order valence-electron chi connectivity index (χ4n) is 1.75. The number of hydrogen-bond donors (Lipinski definition) is 1.